The molecule has 1 aromatic heterocycles. The van der Waals surface area contributed by atoms with Gasteiger partial charge >= 0.3 is 0 Å². The van der Waals surface area contributed by atoms with Gasteiger partial charge in [-0.2, -0.15) is 4.99 Å². The molecule has 0 unspecified atom stereocenters. The Bertz CT molecular complexity index is 1870. The molecule has 2 aliphatic rings. The monoisotopic (exact) mass is 564 g/mol. The van der Waals surface area contributed by atoms with Crippen LogP contribution in [-0.4, -0.2) is 27.6 Å². The number of aryl methyl sites for hydroxylation is 1. The Morgan fingerprint density at radius 3 is 2.62 bits per heavy atom. The molecule has 13 heteroatoms. The summed E-state index contributed by atoms with van der Waals surface area (Å²) in [5, 5.41) is 8.59. The average molecular weight is 565 g/mol. The van der Waals surface area contributed by atoms with E-state index >= 15 is 0 Å². The minimum atomic E-state index is -0.711. The molecule has 0 radical (unpaired) electrons. The summed E-state index contributed by atoms with van der Waals surface area (Å²) < 4.78 is 0. The Balaban J connectivity index is 1.07. The summed E-state index contributed by atoms with van der Waals surface area (Å²) in [6.45, 7) is 3.80. The smallest absolute Gasteiger partial charge is 0.270 e. The van der Waals surface area contributed by atoms with E-state index < -0.39 is 22.7 Å². The maximum atomic E-state index is 13.0. The van der Waals surface area contributed by atoms with Gasteiger partial charge in [0.2, 0.25) is 5.88 Å². The van der Waals surface area contributed by atoms with Crippen molar-refractivity contribution in [2.24, 2.45) is 4.99 Å². The first-order valence-electron chi connectivity index (χ1n) is 13.0. The van der Waals surface area contributed by atoms with E-state index in [2.05, 4.69) is 43.0 Å². The highest BCUT2D eigenvalue weighted by Crippen LogP contribution is 2.32. The number of nitrogens with zero attached hydrogens (tertiary/aromatic N) is 3. The van der Waals surface area contributed by atoms with Gasteiger partial charge in [0.25, 0.3) is 22.7 Å². The molecule has 1 aliphatic heterocycles. The Kier molecular flexibility index (Phi) is 6.66. The quantitative estimate of drug-likeness (QED) is 0.196. The van der Waals surface area contributed by atoms with E-state index in [1.807, 2.05) is 18.2 Å². The first-order chi connectivity index (χ1) is 20.3. The van der Waals surface area contributed by atoms with Gasteiger partial charge in [-0.05, 0) is 54.3 Å². The maximum absolute atomic E-state index is 13.0. The van der Waals surface area contributed by atoms with Crippen LogP contribution in [0.15, 0.2) is 81.9 Å². The van der Waals surface area contributed by atoms with Gasteiger partial charge < -0.3 is 26.5 Å². The summed E-state index contributed by atoms with van der Waals surface area (Å²) in [5.41, 5.74) is 11.2. The number of hydroxylamine groups is 1. The van der Waals surface area contributed by atoms with Crippen molar-refractivity contribution in [3.05, 3.63) is 121 Å². The number of hydrogen-bond acceptors (Lipinski definition) is 11. The van der Waals surface area contributed by atoms with Crippen LogP contribution < -0.4 is 38.0 Å². The van der Waals surface area contributed by atoms with E-state index in [9.17, 15) is 19.2 Å². The fourth-order valence-corrected chi connectivity index (χ4v) is 4.86. The summed E-state index contributed by atoms with van der Waals surface area (Å²) >= 11 is 0. The van der Waals surface area contributed by atoms with Crippen LogP contribution in [0, 0.1) is 0 Å². The molecule has 0 saturated heterocycles. The Morgan fingerprint density at radius 1 is 1.05 bits per heavy atom. The molecular formula is C29H24N8O5. The molecule has 0 fully saturated rings. The molecule has 0 spiro atoms. The third-order valence-electron chi connectivity index (χ3n) is 7.03. The lowest BCUT2D eigenvalue weighted by Gasteiger charge is -2.14. The zero-order valence-electron chi connectivity index (χ0n) is 22.1. The SMILES string of the molecule is C=C1N=C(c2ccc3c(c2)CC[C@@H]3NC(=O)c2cc(C(=O)NCc3cccc(Nc4c(N)c(=O)c4=O)c3)ncn2)NO1. The Morgan fingerprint density at radius 2 is 1.86 bits per heavy atom. The summed E-state index contributed by atoms with van der Waals surface area (Å²) in [5.74, 6) is -0.0412. The number of benzene rings is 2. The molecule has 4 aromatic rings. The number of hydrogen-bond donors (Lipinski definition) is 5. The number of fused-ring (bicyclic) bond motifs is 1. The molecule has 210 valence electrons. The normalized spacial score (nSPS) is 15.4. The molecule has 2 heterocycles. The second-order valence-electron chi connectivity index (χ2n) is 9.78. The molecule has 1 aliphatic carbocycles. The number of rotatable bonds is 8. The number of aromatic nitrogens is 2. The van der Waals surface area contributed by atoms with E-state index in [-0.39, 0.29) is 35.3 Å². The predicted molar refractivity (Wildman–Crippen MR) is 154 cm³/mol. The van der Waals surface area contributed by atoms with Gasteiger partial charge in [-0.1, -0.05) is 24.3 Å². The lowest BCUT2D eigenvalue weighted by molar-refractivity contribution is 0.0931. The van der Waals surface area contributed by atoms with Gasteiger partial charge in [-0.3, -0.25) is 19.2 Å². The van der Waals surface area contributed by atoms with Gasteiger partial charge in [0.15, 0.2) is 5.84 Å². The second-order valence-corrected chi connectivity index (χ2v) is 9.78. The number of carbonyl (C=O) groups is 2. The Labute approximate surface area is 238 Å². The van der Waals surface area contributed by atoms with Crippen LogP contribution in [0.5, 0.6) is 0 Å². The maximum Gasteiger partial charge on any atom is 0.270 e. The number of nitrogens with two attached hydrogens (primary N) is 1. The lowest BCUT2D eigenvalue weighted by atomic mass is 10.0. The van der Waals surface area contributed by atoms with Crippen molar-refractivity contribution in [2.75, 3.05) is 11.1 Å². The summed E-state index contributed by atoms with van der Waals surface area (Å²) in [6.07, 6.45) is 2.66. The molecule has 6 N–H and O–H groups in total. The van der Waals surface area contributed by atoms with Crippen molar-refractivity contribution in [1.29, 1.82) is 0 Å². The molecule has 0 bridgehead atoms. The largest absolute Gasteiger partial charge is 0.394 e. The van der Waals surface area contributed by atoms with Crippen molar-refractivity contribution in [3.63, 3.8) is 0 Å². The van der Waals surface area contributed by atoms with Crippen LogP contribution in [0.3, 0.4) is 0 Å². The van der Waals surface area contributed by atoms with Crippen molar-refractivity contribution < 1.29 is 14.4 Å². The molecule has 1 atom stereocenters. The van der Waals surface area contributed by atoms with Crippen LogP contribution >= 0.6 is 0 Å². The zero-order chi connectivity index (χ0) is 29.4. The summed E-state index contributed by atoms with van der Waals surface area (Å²) in [6, 6.07) is 13.9. The van der Waals surface area contributed by atoms with E-state index in [4.69, 9.17) is 10.6 Å². The van der Waals surface area contributed by atoms with Crippen LogP contribution in [0.2, 0.25) is 0 Å². The average Bonchev–Trinajstić information content (AvgIpc) is 3.63. The van der Waals surface area contributed by atoms with Crippen LogP contribution in [0.25, 0.3) is 0 Å². The van der Waals surface area contributed by atoms with E-state index in [0.717, 1.165) is 23.1 Å². The third kappa shape index (κ3) is 5.06. The number of anilines is 3. The van der Waals surface area contributed by atoms with Crippen LogP contribution in [-0.2, 0) is 17.8 Å². The standard InChI is InChI=1S/C29H24N8O5/c1-14-34-27(37-42-14)17-5-7-19-16(10-17)6-8-20(19)36-29(41)22-11-21(32-13-33-22)28(40)31-12-15-3-2-4-18(9-15)35-24-23(30)25(38)26(24)39/h2-5,7,9-11,13,20,35H,1,6,8,12,30H2,(H,31,40)(H,34,37)(H,36,41)/t20-/m0/s1. The molecule has 3 aromatic carbocycles. The van der Waals surface area contributed by atoms with Crippen LogP contribution in [0.1, 0.15) is 55.7 Å². The van der Waals surface area contributed by atoms with Gasteiger partial charge in [0.05, 0.1) is 6.04 Å². The number of carbonyl (C=O) groups excluding carboxylic acids is 2. The minimum Gasteiger partial charge on any atom is -0.394 e. The van der Waals surface area contributed by atoms with Crippen molar-refractivity contribution >= 4 is 34.7 Å². The summed E-state index contributed by atoms with van der Waals surface area (Å²) in [4.78, 5) is 66.2. The van der Waals surface area contributed by atoms with Gasteiger partial charge in [-0.15, -0.1) is 0 Å². The predicted octanol–water partition coefficient (Wildman–Crippen LogP) is 1.50. The third-order valence-corrected chi connectivity index (χ3v) is 7.03. The zero-order valence-corrected chi connectivity index (χ0v) is 22.1. The number of amidine groups is 1. The molecule has 6 rings (SSSR count). The molecule has 42 heavy (non-hydrogen) atoms. The Hall–Kier alpha value is -5.85. The second kappa shape index (κ2) is 10.6. The van der Waals surface area contributed by atoms with E-state index in [0.29, 0.717) is 29.4 Å². The molecular weight excluding hydrogens is 540 g/mol. The van der Waals surface area contributed by atoms with Crippen molar-refractivity contribution in [2.45, 2.75) is 25.4 Å². The number of nitrogen functional groups attached to an aromatic ring is 1. The molecule has 2 amide bonds. The van der Waals surface area contributed by atoms with Crippen molar-refractivity contribution in [1.82, 2.24) is 26.1 Å². The topological polar surface area (TPSA) is 190 Å². The van der Waals surface area contributed by atoms with E-state index in [1.165, 1.54) is 12.4 Å². The fourth-order valence-electron chi connectivity index (χ4n) is 4.86. The lowest BCUT2D eigenvalue weighted by Crippen LogP contribution is -2.36. The van der Waals surface area contributed by atoms with Crippen molar-refractivity contribution in [3.8, 4) is 0 Å². The van der Waals surface area contributed by atoms with Gasteiger partial charge in [-0.25, -0.2) is 15.4 Å². The fraction of sp³-hybridized carbons (Fsp3) is 0.138. The number of nitrogens with one attached hydrogen (secondary N) is 4. The van der Waals surface area contributed by atoms with E-state index in [1.54, 1.807) is 24.3 Å². The number of aliphatic imine (C=N–C) groups is 1. The highest BCUT2D eigenvalue weighted by atomic mass is 16.7. The van der Waals surface area contributed by atoms with Gasteiger partial charge in [0.1, 0.15) is 29.1 Å². The van der Waals surface area contributed by atoms with Crippen LogP contribution in [0.4, 0.5) is 17.1 Å². The van der Waals surface area contributed by atoms with Gasteiger partial charge in [0, 0.05) is 23.9 Å². The minimum absolute atomic E-state index is 0.0334. The highest BCUT2D eigenvalue weighted by molar-refractivity contribution is 6.00. The molecule has 0 saturated carbocycles. The summed E-state index contributed by atoms with van der Waals surface area (Å²) in [7, 11) is 0. The first-order valence-corrected chi connectivity index (χ1v) is 13.0. The first kappa shape index (κ1) is 26.4. The number of amides is 2. The highest BCUT2D eigenvalue weighted by Gasteiger charge is 2.26. The molecule has 13 nitrogen and oxygen atoms in total.